The smallest absolute Gasteiger partial charge is 0.338 e. The van der Waals surface area contributed by atoms with E-state index in [1.165, 1.54) is 19.3 Å². The molecule has 18 nitrogen and oxygen atoms in total. The van der Waals surface area contributed by atoms with Crippen LogP contribution >= 0.6 is 34.8 Å². The molecule has 2 unspecified atom stereocenters. The highest BCUT2D eigenvalue weighted by Crippen LogP contribution is 2.34. The number of likely N-dealkylation sites (tertiary alicyclic amines) is 3. The number of piperidine rings is 3. The summed E-state index contributed by atoms with van der Waals surface area (Å²) in [4.78, 5) is 98.6. The van der Waals surface area contributed by atoms with Gasteiger partial charge in [-0.25, -0.2) is 14.4 Å². The van der Waals surface area contributed by atoms with Crippen molar-refractivity contribution in [1.82, 2.24) is 14.7 Å². The van der Waals surface area contributed by atoms with E-state index in [0.717, 1.165) is 179 Å². The standard InChI is InChI=1S/2C27H37ClN2O4.C26H35ClN2O4/c2*1-19-11-7-4-5-10-14-33-27(32)25-20(2)16-21(3)26(28)23(25)17-22(15-19)29-34-18-24(31)30-12-8-6-9-13-30;1-19-16-20(2)25(27)22-17-21(28-33-18-23(30)29-13-9-7-10-14-29)12-8-5-3-4-6-11-15-32-26(31)24(19)22/h2*4-5,16,19H,6-15,17-18H2,1-3H3;4,6,16H,3,5,7-15,17-18H2,1-2H3/b5-4+,29-22+;5-4+,29-22-;6-4+,28-21+. The first-order valence-corrected chi connectivity index (χ1v) is 38.0. The van der Waals surface area contributed by atoms with Gasteiger partial charge in [0.25, 0.3) is 17.7 Å². The summed E-state index contributed by atoms with van der Waals surface area (Å²) in [5, 5.41) is 14.8. The third-order valence-corrected chi connectivity index (χ3v) is 20.8. The maximum absolute atomic E-state index is 13.0. The molecule has 3 aromatic rings. The minimum absolute atomic E-state index is 0.0289. The molecule has 552 valence electrons. The van der Waals surface area contributed by atoms with Crippen LogP contribution in [0.3, 0.4) is 0 Å². The fourth-order valence-electron chi connectivity index (χ4n) is 13.7. The van der Waals surface area contributed by atoms with Gasteiger partial charge in [-0.2, -0.15) is 0 Å². The Morgan fingerprint density at radius 2 is 0.703 bits per heavy atom. The summed E-state index contributed by atoms with van der Waals surface area (Å²) in [6.45, 7) is 21.4. The Morgan fingerprint density at radius 1 is 0.406 bits per heavy atom. The topological polar surface area (TPSA) is 205 Å². The number of cyclic esters (lactones) is 3. The highest BCUT2D eigenvalue weighted by Gasteiger charge is 2.28. The number of aryl methyl sites for hydroxylation is 6. The van der Waals surface area contributed by atoms with Gasteiger partial charge in [-0.15, -0.1) is 0 Å². The van der Waals surface area contributed by atoms with Crippen LogP contribution in [-0.4, -0.2) is 146 Å². The van der Waals surface area contributed by atoms with Gasteiger partial charge < -0.3 is 43.4 Å². The molecule has 9 rings (SSSR count). The minimum Gasteiger partial charge on any atom is -0.462 e. The number of carbonyl (C=O) groups excluding carboxylic acids is 6. The van der Waals surface area contributed by atoms with Crippen molar-refractivity contribution < 1.29 is 57.5 Å². The number of hydrogen-bond acceptors (Lipinski definition) is 15. The van der Waals surface area contributed by atoms with E-state index in [1.807, 2.05) is 74.4 Å². The first-order chi connectivity index (χ1) is 48.7. The van der Waals surface area contributed by atoms with Gasteiger partial charge in [0.2, 0.25) is 0 Å². The molecular formula is C80H109Cl3N6O12. The Hall–Kier alpha value is -7.02. The van der Waals surface area contributed by atoms with Gasteiger partial charge in [0, 0.05) is 73.6 Å². The van der Waals surface area contributed by atoms with Gasteiger partial charge in [-0.1, -0.05) is 119 Å². The summed E-state index contributed by atoms with van der Waals surface area (Å²) in [7, 11) is 0. The molecule has 0 aliphatic carbocycles. The van der Waals surface area contributed by atoms with Crippen molar-refractivity contribution in [2.24, 2.45) is 27.3 Å². The fourth-order valence-corrected chi connectivity index (χ4v) is 14.4. The van der Waals surface area contributed by atoms with Gasteiger partial charge in [0.1, 0.15) is 0 Å². The summed E-state index contributed by atoms with van der Waals surface area (Å²) in [5.74, 6) is -0.453. The number of amides is 3. The number of hydrogen-bond donors (Lipinski definition) is 0. The number of esters is 3. The second kappa shape index (κ2) is 43.2. The van der Waals surface area contributed by atoms with E-state index in [-0.39, 0.29) is 55.5 Å². The molecule has 0 N–H and O–H groups in total. The molecular weight excluding hydrogens is 1340 g/mol. The van der Waals surface area contributed by atoms with Crippen LogP contribution in [0.2, 0.25) is 15.1 Å². The molecule has 21 heteroatoms. The average Bonchev–Trinajstić information content (AvgIpc) is 0.810. The predicted octanol–water partition coefficient (Wildman–Crippen LogP) is 17.2. The Labute approximate surface area is 614 Å². The zero-order valence-corrected chi connectivity index (χ0v) is 63.5. The van der Waals surface area contributed by atoms with Crippen LogP contribution in [0.4, 0.5) is 0 Å². The van der Waals surface area contributed by atoms with Crippen LogP contribution in [0.15, 0.2) is 70.1 Å². The van der Waals surface area contributed by atoms with Crippen molar-refractivity contribution in [3.05, 3.63) is 136 Å². The Bertz CT molecular complexity index is 3340. The van der Waals surface area contributed by atoms with Crippen LogP contribution in [0.1, 0.15) is 236 Å². The number of rotatable bonds is 9. The highest BCUT2D eigenvalue weighted by atomic mass is 35.5. The largest absolute Gasteiger partial charge is 0.462 e. The molecule has 3 amide bonds. The predicted molar refractivity (Wildman–Crippen MR) is 402 cm³/mol. The Morgan fingerprint density at radius 3 is 1.04 bits per heavy atom. The van der Waals surface area contributed by atoms with Gasteiger partial charge >= 0.3 is 17.9 Å². The fraction of sp³-hybridized carbons (Fsp3) is 0.588. The molecule has 0 spiro atoms. The summed E-state index contributed by atoms with van der Waals surface area (Å²) in [6.07, 6.45) is 34.5. The van der Waals surface area contributed by atoms with E-state index in [0.29, 0.717) is 132 Å². The maximum Gasteiger partial charge on any atom is 0.338 e. The molecule has 6 aliphatic heterocycles. The number of benzene rings is 3. The lowest BCUT2D eigenvalue weighted by Crippen LogP contribution is -2.37. The van der Waals surface area contributed by atoms with Crippen LogP contribution in [0, 0.1) is 53.4 Å². The molecule has 3 saturated heterocycles. The number of allylic oxidation sites excluding steroid dienone is 3. The third kappa shape index (κ3) is 26.3. The lowest BCUT2D eigenvalue weighted by Gasteiger charge is -2.26. The normalized spacial score (nSPS) is 21.8. The van der Waals surface area contributed by atoms with E-state index < -0.39 is 0 Å². The first-order valence-electron chi connectivity index (χ1n) is 36.9. The van der Waals surface area contributed by atoms with Crippen molar-refractivity contribution in [2.75, 3.05) is 78.9 Å². The maximum atomic E-state index is 13.0. The van der Waals surface area contributed by atoms with Gasteiger partial charge in [0.15, 0.2) is 19.8 Å². The lowest BCUT2D eigenvalue weighted by molar-refractivity contribution is -0.137. The quantitative estimate of drug-likeness (QED) is 0.0849. The Kier molecular flexibility index (Phi) is 34.7. The zero-order valence-electron chi connectivity index (χ0n) is 61.2. The molecule has 101 heavy (non-hydrogen) atoms. The SMILES string of the molecule is Cc1cc(C)c2c(c1Cl)C/C(=N/OCC(=O)N1CCCCC1)CC(C)CC/C=C/CCOC2=O.Cc1cc(C)c2c(c1Cl)C/C(=N/OCC(=O)N1CCCCC1)CCCC/C=C/CCOC2=O.Cc1cc(C)c2c(c1Cl)C/C(=N\OCC(=O)N1CCCCC1)CC(C)CC/C=C/CCOC2=O. The summed E-state index contributed by atoms with van der Waals surface area (Å²) in [6, 6.07) is 5.74. The van der Waals surface area contributed by atoms with Gasteiger partial charge in [-0.3, -0.25) is 14.4 Å². The highest BCUT2D eigenvalue weighted by molar-refractivity contribution is 6.34. The van der Waals surface area contributed by atoms with E-state index in [4.69, 9.17) is 63.5 Å². The van der Waals surface area contributed by atoms with Crippen LogP contribution in [0.5, 0.6) is 0 Å². The monoisotopic (exact) mass is 1450 g/mol. The molecule has 0 saturated carbocycles. The molecule has 0 aromatic heterocycles. The number of halogens is 3. The van der Waals surface area contributed by atoms with E-state index in [1.54, 1.807) is 0 Å². The minimum atomic E-state index is -0.367. The van der Waals surface area contributed by atoms with Crippen molar-refractivity contribution in [3.8, 4) is 0 Å². The van der Waals surface area contributed by atoms with Crippen LogP contribution in [0.25, 0.3) is 0 Å². The summed E-state index contributed by atoms with van der Waals surface area (Å²) in [5.41, 5.74) is 11.2. The number of fused-ring (bicyclic) bond motifs is 3. The number of oxime groups is 3. The van der Waals surface area contributed by atoms with Crippen LogP contribution in [-0.2, 0) is 62.4 Å². The Balaban J connectivity index is 0.000000213. The van der Waals surface area contributed by atoms with Crippen molar-refractivity contribution in [3.63, 3.8) is 0 Å². The van der Waals surface area contributed by atoms with Crippen molar-refractivity contribution in [1.29, 1.82) is 0 Å². The number of ether oxygens (including phenoxy) is 3. The van der Waals surface area contributed by atoms with E-state index in [2.05, 4.69) is 65.8 Å². The van der Waals surface area contributed by atoms with Gasteiger partial charge in [-0.05, 0) is 245 Å². The van der Waals surface area contributed by atoms with Gasteiger partial charge in [0.05, 0.1) is 53.6 Å². The summed E-state index contributed by atoms with van der Waals surface area (Å²) < 4.78 is 16.6. The lowest BCUT2D eigenvalue weighted by atomic mass is 9.91. The zero-order chi connectivity index (χ0) is 72.6. The molecule has 6 aliphatic rings. The second-order valence-electron chi connectivity index (χ2n) is 27.9. The van der Waals surface area contributed by atoms with Crippen molar-refractivity contribution in [2.45, 2.75) is 216 Å². The first kappa shape index (κ1) is 81.3. The molecule has 6 heterocycles. The van der Waals surface area contributed by atoms with E-state index in [9.17, 15) is 28.8 Å². The van der Waals surface area contributed by atoms with Crippen molar-refractivity contribution >= 4 is 87.6 Å². The average molecular weight is 1450 g/mol. The molecule has 2 atom stereocenters. The number of carbonyl (C=O) groups is 6. The van der Waals surface area contributed by atoms with Crippen LogP contribution < -0.4 is 0 Å². The number of nitrogens with zero attached hydrogens (tertiary/aromatic N) is 6. The molecule has 3 aromatic carbocycles. The molecule has 0 bridgehead atoms. The molecule has 3 fully saturated rings. The summed E-state index contributed by atoms with van der Waals surface area (Å²) >= 11 is 20.1. The second-order valence-corrected chi connectivity index (χ2v) is 29.0. The third-order valence-electron chi connectivity index (χ3n) is 19.2. The van der Waals surface area contributed by atoms with E-state index >= 15 is 0 Å². The molecule has 0 radical (unpaired) electrons.